The highest BCUT2D eigenvalue weighted by Crippen LogP contribution is 2.38. The van der Waals surface area contributed by atoms with E-state index in [1.54, 1.807) is 24.3 Å². The van der Waals surface area contributed by atoms with Crippen molar-refractivity contribution in [3.8, 4) is 6.07 Å². The zero-order valence-electron chi connectivity index (χ0n) is 21.2. The Morgan fingerprint density at radius 3 is 2.31 bits per heavy atom. The van der Waals surface area contributed by atoms with Crippen LogP contribution in [0.15, 0.2) is 24.3 Å². The van der Waals surface area contributed by atoms with Crippen molar-refractivity contribution in [2.75, 3.05) is 18.4 Å². The summed E-state index contributed by atoms with van der Waals surface area (Å²) >= 11 is 0. The van der Waals surface area contributed by atoms with Crippen LogP contribution in [-0.2, 0) is 9.59 Å². The molecule has 1 saturated heterocycles. The number of nitrogens with one attached hydrogen (secondary N) is 4. The molecule has 1 unspecified atom stereocenters. The van der Waals surface area contributed by atoms with Gasteiger partial charge in [-0.15, -0.1) is 0 Å². The molecule has 35 heavy (non-hydrogen) atoms. The summed E-state index contributed by atoms with van der Waals surface area (Å²) in [5.74, 6) is -0.341. The Bertz CT molecular complexity index is 939. The lowest BCUT2D eigenvalue weighted by Gasteiger charge is -2.47. The van der Waals surface area contributed by atoms with E-state index in [0.29, 0.717) is 36.4 Å². The molecule has 1 aliphatic carbocycles. The van der Waals surface area contributed by atoms with E-state index in [4.69, 9.17) is 0 Å². The summed E-state index contributed by atoms with van der Waals surface area (Å²) in [6, 6.07) is 8.35. The van der Waals surface area contributed by atoms with Crippen molar-refractivity contribution in [3.05, 3.63) is 29.8 Å². The van der Waals surface area contributed by atoms with Crippen molar-refractivity contribution in [2.45, 2.75) is 83.7 Å². The van der Waals surface area contributed by atoms with Crippen LogP contribution in [0.4, 0.5) is 5.69 Å². The molecule has 1 saturated carbocycles. The Morgan fingerprint density at radius 1 is 1.11 bits per heavy atom. The molecule has 8 nitrogen and oxygen atoms in total. The van der Waals surface area contributed by atoms with E-state index < -0.39 is 17.0 Å². The molecule has 0 aromatic heterocycles. The van der Waals surface area contributed by atoms with Crippen molar-refractivity contribution in [3.63, 3.8) is 0 Å². The largest absolute Gasteiger partial charge is 0.347 e. The summed E-state index contributed by atoms with van der Waals surface area (Å²) < 4.78 is 0. The fourth-order valence-electron chi connectivity index (χ4n) is 5.33. The molecule has 0 bridgehead atoms. The summed E-state index contributed by atoms with van der Waals surface area (Å²) in [6.07, 6.45) is 7.54. The summed E-state index contributed by atoms with van der Waals surface area (Å²) in [6.45, 7) is 6.64. The molecule has 0 radical (unpaired) electrons. The SMILES string of the molecule is CC(=O)Nc1ccc(C(=O)NC(CC2CCCCC2)C(=O)NC2(C(C)(C)C#N)CCNCC2)cc1. The average Bonchev–Trinajstić information content (AvgIpc) is 2.84. The topological polar surface area (TPSA) is 123 Å². The Hall–Kier alpha value is -2.92. The van der Waals surface area contributed by atoms with E-state index in [1.807, 2.05) is 13.8 Å². The van der Waals surface area contributed by atoms with E-state index in [0.717, 1.165) is 38.8 Å². The monoisotopic (exact) mass is 481 g/mol. The van der Waals surface area contributed by atoms with Crippen LogP contribution in [0, 0.1) is 22.7 Å². The number of carbonyl (C=O) groups is 3. The molecule has 3 amide bonds. The van der Waals surface area contributed by atoms with Crippen LogP contribution in [0.25, 0.3) is 0 Å². The summed E-state index contributed by atoms with van der Waals surface area (Å²) in [5, 5.41) is 22.1. The van der Waals surface area contributed by atoms with E-state index in [1.165, 1.54) is 13.3 Å². The summed E-state index contributed by atoms with van der Waals surface area (Å²) in [4.78, 5) is 38.1. The van der Waals surface area contributed by atoms with Gasteiger partial charge in [0.25, 0.3) is 5.91 Å². The number of piperidine rings is 1. The maximum absolute atomic E-state index is 13.7. The first-order valence-corrected chi connectivity index (χ1v) is 12.8. The van der Waals surface area contributed by atoms with Crippen molar-refractivity contribution in [1.29, 1.82) is 5.26 Å². The minimum absolute atomic E-state index is 0.182. The van der Waals surface area contributed by atoms with Crippen molar-refractivity contribution in [1.82, 2.24) is 16.0 Å². The molecule has 3 rings (SSSR count). The van der Waals surface area contributed by atoms with Crippen LogP contribution >= 0.6 is 0 Å². The Labute approximate surface area is 208 Å². The predicted molar refractivity (Wildman–Crippen MR) is 136 cm³/mol. The standard InChI is InChI=1S/C27H39N5O3/c1-19(33)30-22-11-9-21(10-12-22)24(34)31-23(17-20-7-5-4-6-8-20)25(35)32-27(26(2,3)18-28)13-15-29-16-14-27/h9-12,20,23,29H,4-8,13-17H2,1-3H3,(H,30,33)(H,31,34)(H,32,35). The second-order valence-corrected chi connectivity index (χ2v) is 10.6. The van der Waals surface area contributed by atoms with Crippen molar-refractivity contribution >= 4 is 23.4 Å². The van der Waals surface area contributed by atoms with E-state index in [2.05, 4.69) is 27.3 Å². The molecule has 1 aromatic carbocycles. The van der Waals surface area contributed by atoms with E-state index in [9.17, 15) is 19.6 Å². The van der Waals surface area contributed by atoms with Gasteiger partial charge in [0.2, 0.25) is 11.8 Å². The van der Waals surface area contributed by atoms with Gasteiger partial charge in [-0.05, 0) is 76.4 Å². The smallest absolute Gasteiger partial charge is 0.251 e. The van der Waals surface area contributed by atoms with Crippen LogP contribution in [0.1, 0.15) is 82.5 Å². The molecule has 190 valence electrons. The van der Waals surface area contributed by atoms with Gasteiger partial charge in [0.15, 0.2) is 0 Å². The zero-order valence-corrected chi connectivity index (χ0v) is 21.2. The van der Waals surface area contributed by atoms with Gasteiger partial charge in [0.05, 0.1) is 17.0 Å². The van der Waals surface area contributed by atoms with E-state index in [-0.39, 0.29) is 17.7 Å². The van der Waals surface area contributed by atoms with Crippen LogP contribution in [-0.4, -0.2) is 42.4 Å². The number of nitriles is 1. The zero-order chi connectivity index (χ0) is 25.5. The van der Waals surface area contributed by atoms with Gasteiger partial charge in [-0.3, -0.25) is 14.4 Å². The number of anilines is 1. The van der Waals surface area contributed by atoms with Gasteiger partial charge < -0.3 is 21.3 Å². The number of benzene rings is 1. The van der Waals surface area contributed by atoms with Gasteiger partial charge in [-0.1, -0.05) is 32.1 Å². The lowest BCUT2D eigenvalue weighted by Crippen LogP contribution is -2.64. The summed E-state index contributed by atoms with van der Waals surface area (Å²) in [7, 11) is 0. The first-order valence-electron chi connectivity index (χ1n) is 12.8. The molecule has 1 heterocycles. The highest BCUT2D eigenvalue weighted by molar-refractivity contribution is 5.98. The first-order chi connectivity index (χ1) is 16.7. The highest BCUT2D eigenvalue weighted by atomic mass is 16.2. The van der Waals surface area contributed by atoms with Gasteiger partial charge in [0.1, 0.15) is 6.04 Å². The molecule has 4 N–H and O–H groups in total. The maximum atomic E-state index is 13.7. The average molecular weight is 482 g/mol. The fraction of sp³-hybridized carbons (Fsp3) is 0.630. The highest BCUT2D eigenvalue weighted by Gasteiger charge is 2.48. The van der Waals surface area contributed by atoms with Crippen LogP contribution in [0.5, 0.6) is 0 Å². The summed E-state index contributed by atoms with van der Waals surface area (Å²) in [5.41, 5.74) is -0.366. The first kappa shape index (κ1) is 26.7. The van der Waals surface area contributed by atoms with Gasteiger partial charge in [-0.25, -0.2) is 0 Å². The van der Waals surface area contributed by atoms with Gasteiger partial charge in [-0.2, -0.15) is 5.26 Å². The third-order valence-electron chi connectivity index (χ3n) is 7.68. The quantitative estimate of drug-likeness (QED) is 0.453. The molecule has 8 heteroatoms. The number of rotatable bonds is 8. The molecular formula is C27H39N5O3. The van der Waals surface area contributed by atoms with Crippen molar-refractivity contribution < 1.29 is 14.4 Å². The van der Waals surface area contributed by atoms with Crippen LogP contribution < -0.4 is 21.3 Å². The second-order valence-electron chi connectivity index (χ2n) is 10.6. The molecule has 1 aromatic rings. The molecule has 2 aliphatic rings. The number of nitrogens with zero attached hydrogens (tertiary/aromatic N) is 1. The van der Waals surface area contributed by atoms with Gasteiger partial charge >= 0.3 is 0 Å². The second kappa shape index (κ2) is 11.7. The molecule has 2 fully saturated rings. The third kappa shape index (κ3) is 6.82. The Balaban J connectivity index is 1.79. The number of carbonyl (C=O) groups excluding carboxylic acids is 3. The Kier molecular flexibility index (Phi) is 8.90. The minimum Gasteiger partial charge on any atom is -0.347 e. The number of hydrogen-bond acceptors (Lipinski definition) is 5. The molecular weight excluding hydrogens is 442 g/mol. The molecule has 1 atom stereocenters. The lowest BCUT2D eigenvalue weighted by atomic mass is 9.67. The predicted octanol–water partition coefficient (Wildman–Crippen LogP) is 3.50. The maximum Gasteiger partial charge on any atom is 0.251 e. The molecule has 1 aliphatic heterocycles. The third-order valence-corrected chi connectivity index (χ3v) is 7.68. The van der Waals surface area contributed by atoms with Crippen molar-refractivity contribution in [2.24, 2.45) is 11.3 Å². The fourth-order valence-corrected chi connectivity index (χ4v) is 5.33. The number of hydrogen-bond donors (Lipinski definition) is 4. The van der Waals surface area contributed by atoms with Crippen LogP contribution in [0.2, 0.25) is 0 Å². The molecule has 0 spiro atoms. The van der Waals surface area contributed by atoms with E-state index >= 15 is 0 Å². The van der Waals surface area contributed by atoms with Gasteiger partial charge in [0, 0.05) is 18.2 Å². The Morgan fingerprint density at radius 2 is 1.74 bits per heavy atom. The van der Waals surface area contributed by atoms with Crippen LogP contribution in [0.3, 0.4) is 0 Å². The minimum atomic E-state index is -0.746. The lowest BCUT2D eigenvalue weighted by molar-refractivity contribution is -0.127. The normalized spacial score (nSPS) is 19.1. The number of amides is 3.